The van der Waals surface area contributed by atoms with Gasteiger partial charge in [0.1, 0.15) is 5.58 Å². The molecule has 1 aromatic carbocycles. The first-order valence-electron chi connectivity index (χ1n) is 5.32. The van der Waals surface area contributed by atoms with Gasteiger partial charge in [-0.15, -0.1) is 0 Å². The van der Waals surface area contributed by atoms with Gasteiger partial charge in [-0.25, -0.2) is 0 Å². The van der Waals surface area contributed by atoms with Crippen LogP contribution in [0.4, 0.5) is 0 Å². The summed E-state index contributed by atoms with van der Waals surface area (Å²) in [6.07, 6.45) is 0. The summed E-state index contributed by atoms with van der Waals surface area (Å²) in [6, 6.07) is 9.52. The lowest BCUT2D eigenvalue weighted by Gasteiger charge is -1.93. The Morgan fingerprint density at radius 2 is 2.18 bits per heavy atom. The molecule has 0 amide bonds. The minimum absolute atomic E-state index is 0.0538. The predicted molar refractivity (Wildman–Crippen MR) is 68.7 cm³/mol. The second-order valence-corrected chi connectivity index (χ2v) is 4.73. The zero-order valence-corrected chi connectivity index (χ0v) is 10.1. The van der Waals surface area contributed by atoms with Gasteiger partial charge in [0.25, 0.3) is 0 Å². The topological polar surface area (TPSA) is 30.2 Å². The van der Waals surface area contributed by atoms with Crippen LogP contribution in [0.15, 0.2) is 45.5 Å². The number of fused-ring (bicyclic) bond motifs is 1. The van der Waals surface area contributed by atoms with Crippen molar-refractivity contribution in [2.24, 2.45) is 0 Å². The predicted octanol–water partition coefficient (Wildman–Crippen LogP) is 4.03. The quantitative estimate of drug-likeness (QED) is 0.635. The van der Waals surface area contributed by atoms with E-state index in [1.807, 2.05) is 48.0 Å². The van der Waals surface area contributed by atoms with Crippen molar-refractivity contribution in [2.45, 2.75) is 6.92 Å². The lowest BCUT2D eigenvalue weighted by atomic mass is 10.1. The molecule has 0 saturated carbocycles. The highest BCUT2D eigenvalue weighted by molar-refractivity contribution is 7.08. The molecule has 0 aliphatic heterocycles. The molecule has 0 spiro atoms. The molecule has 0 atom stereocenters. The van der Waals surface area contributed by atoms with E-state index in [9.17, 15) is 4.79 Å². The molecule has 3 aromatic rings. The minimum atomic E-state index is -0.0538. The maximum atomic E-state index is 12.1. The number of carbonyl (C=O) groups is 1. The number of hydrogen-bond donors (Lipinski definition) is 0. The highest BCUT2D eigenvalue weighted by Crippen LogP contribution is 2.24. The van der Waals surface area contributed by atoms with Crippen molar-refractivity contribution in [3.63, 3.8) is 0 Å². The zero-order chi connectivity index (χ0) is 11.8. The summed E-state index contributed by atoms with van der Waals surface area (Å²) >= 11 is 1.51. The van der Waals surface area contributed by atoms with Crippen molar-refractivity contribution in [2.75, 3.05) is 0 Å². The van der Waals surface area contributed by atoms with Crippen LogP contribution in [-0.4, -0.2) is 5.78 Å². The van der Waals surface area contributed by atoms with Crippen LogP contribution in [0, 0.1) is 6.92 Å². The summed E-state index contributed by atoms with van der Waals surface area (Å²) in [5.74, 6) is 0.356. The summed E-state index contributed by atoms with van der Waals surface area (Å²) in [4.78, 5) is 12.1. The second-order valence-electron chi connectivity index (χ2n) is 3.95. The van der Waals surface area contributed by atoms with Crippen molar-refractivity contribution in [1.29, 1.82) is 0 Å². The van der Waals surface area contributed by atoms with Gasteiger partial charge in [0, 0.05) is 16.3 Å². The van der Waals surface area contributed by atoms with Crippen molar-refractivity contribution in [1.82, 2.24) is 0 Å². The van der Waals surface area contributed by atoms with E-state index < -0.39 is 0 Å². The fourth-order valence-corrected chi connectivity index (χ4v) is 2.49. The molecule has 3 rings (SSSR count). The van der Waals surface area contributed by atoms with Crippen LogP contribution in [0.2, 0.25) is 0 Å². The molecular weight excluding hydrogens is 232 g/mol. The van der Waals surface area contributed by atoms with Crippen LogP contribution in [0.1, 0.15) is 21.7 Å². The smallest absolute Gasteiger partial charge is 0.229 e. The third-order valence-electron chi connectivity index (χ3n) is 2.75. The standard InChI is InChI=1S/C14H10O2S/c1-9-3-2-4-10-7-12(16-14(9)10)13(15)11-5-6-17-8-11/h2-8H,1H3. The third kappa shape index (κ3) is 1.68. The maximum absolute atomic E-state index is 12.1. The van der Waals surface area contributed by atoms with E-state index in [0.717, 1.165) is 16.5 Å². The van der Waals surface area contributed by atoms with Gasteiger partial charge in [-0.3, -0.25) is 4.79 Å². The molecule has 0 radical (unpaired) electrons. The van der Waals surface area contributed by atoms with Gasteiger partial charge in [0.2, 0.25) is 5.78 Å². The summed E-state index contributed by atoms with van der Waals surface area (Å²) < 4.78 is 5.64. The zero-order valence-electron chi connectivity index (χ0n) is 9.27. The van der Waals surface area contributed by atoms with E-state index in [2.05, 4.69) is 0 Å². The fraction of sp³-hybridized carbons (Fsp3) is 0.0714. The van der Waals surface area contributed by atoms with E-state index >= 15 is 0 Å². The van der Waals surface area contributed by atoms with E-state index in [1.165, 1.54) is 11.3 Å². The number of benzene rings is 1. The van der Waals surface area contributed by atoms with Gasteiger partial charge in [0.05, 0.1) is 0 Å². The fourth-order valence-electron chi connectivity index (χ4n) is 1.86. The number of rotatable bonds is 2. The summed E-state index contributed by atoms with van der Waals surface area (Å²) in [5, 5.41) is 4.70. The normalized spacial score (nSPS) is 10.9. The molecule has 3 heteroatoms. The Balaban J connectivity index is 2.13. The Bertz CT molecular complexity index is 677. The Hall–Kier alpha value is -1.87. The maximum Gasteiger partial charge on any atom is 0.229 e. The van der Waals surface area contributed by atoms with E-state index in [4.69, 9.17) is 4.42 Å². The van der Waals surface area contributed by atoms with Crippen LogP contribution < -0.4 is 0 Å². The Morgan fingerprint density at radius 3 is 2.88 bits per heavy atom. The van der Waals surface area contributed by atoms with Gasteiger partial charge in [-0.2, -0.15) is 11.3 Å². The lowest BCUT2D eigenvalue weighted by Crippen LogP contribution is -1.96. The molecule has 0 fully saturated rings. The van der Waals surface area contributed by atoms with E-state index in [0.29, 0.717) is 11.3 Å². The van der Waals surface area contributed by atoms with Gasteiger partial charge < -0.3 is 4.42 Å². The average molecular weight is 242 g/mol. The van der Waals surface area contributed by atoms with E-state index in [1.54, 1.807) is 0 Å². The number of furan rings is 1. The van der Waals surface area contributed by atoms with E-state index in [-0.39, 0.29) is 5.78 Å². The van der Waals surface area contributed by atoms with Crippen LogP contribution in [-0.2, 0) is 0 Å². The van der Waals surface area contributed by atoms with Gasteiger partial charge in [-0.05, 0) is 30.0 Å². The SMILES string of the molecule is Cc1cccc2cc(C(=O)c3ccsc3)oc12. The molecule has 0 aliphatic rings. The molecule has 0 saturated heterocycles. The summed E-state index contributed by atoms with van der Waals surface area (Å²) in [6.45, 7) is 1.98. The first-order valence-corrected chi connectivity index (χ1v) is 6.26. The lowest BCUT2D eigenvalue weighted by molar-refractivity contribution is 0.101. The van der Waals surface area contributed by atoms with Crippen LogP contribution in [0.3, 0.4) is 0 Å². The van der Waals surface area contributed by atoms with Crippen molar-refractivity contribution < 1.29 is 9.21 Å². The van der Waals surface area contributed by atoms with Crippen molar-refractivity contribution >= 4 is 28.1 Å². The largest absolute Gasteiger partial charge is 0.452 e. The van der Waals surface area contributed by atoms with Gasteiger partial charge in [0.15, 0.2) is 5.76 Å². The van der Waals surface area contributed by atoms with Crippen molar-refractivity contribution in [3.05, 3.63) is 58.0 Å². The van der Waals surface area contributed by atoms with Crippen molar-refractivity contribution in [3.8, 4) is 0 Å². The van der Waals surface area contributed by atoms with Crippen LogP contribution in [0.5, 0.6) is 0 Å². The molecule has 2 aromatic heterocycles. The number of para-hydroxylation sites is 1. The Kier molecular flexibility index (Phi) is 2.34. The van der Waals surface area contributed by atoms with Crippen LogP contribution >= 0.6 is 11.3 Å². The molecule has 2 nitrogen and oxygen atoms in total. The molecule has 0 unspecified atom stereocenters. The molecule has 2 heterocycles. The molecule has 0 aliphatic carbocycles. The summed E-state index contributed by atoms with van der Waals surface area (Å²) in [7, 11) is 0. The molecule has 0 N–H and O–H groups in total. The Morgan fingerprint density at radius 1 is 1.29 bits per heavy atom. The highest BCUT2D eigenvalue weighted by Gasteiger charge is 2.15. The molecule has 84 valence electrons. The number of carbonyl (C=O) groups excluding carboxylic acids is 1. The number of ketones is 1. The number of aryl methyl sites for hydroxylation is 1. The molecular formula is C14H10O2S. The number of thiophene rings is 1. The van der Waals surface area contributed by atoms with Gasteiger partial charge >= 0.3 is 0 Å². The van der Waals surface area contributed by atoms with Crippen LogP contribution in [0.25, 0.3) is 11.0 Å². The molecule has 0 bridgehead atoms. The average Bonchev–Trinajstić information content (AvgIpc) is 2.98. The highest BCUT2D eigenvalue weighted by atomic mass is 32.1. The monoisotopic (exact) mass is 242 g/mol. The first-order chi connectivity index (χ1) is 8.25. The minimum Gasteiger partial charge on any atom is -0.452 e. The first kappa shape index (κ1) is 10.3. The number of hydrogen-bond acceptors (Lipinski definition) is 3. The Labute approximate surface area is 102 Å². The van der Waals surface area contributed by atoms with Gasteiger partial charge in [-0.1, -0.05) is 18.2 Å². The second kappa shape index (κ2) is 3.86. The third-order valence-corrected chi connectivity index (χ3v) is 3.43. The molecule has 17 heavy (non-hydrogen) atoms. The summed E-state index contributed by atoms with van der Waals surface area (Å²) in [5.41, 5.74) is 2.53.